The minimum atomic E-state index is -0.367. The summed E-state index contributed by atoms with van der Waals surface area (Å²) < 4.78 is 19.8. The van der Waals surface area contributed by atoms with E-state index < -0.39 is 0 Å². The average molecular weight is 395 g/mol. The van der Waals surface area contributed by atoms with E-state index in [4.69, 9.17) is 4.74 Å². The van der Waals surface area contributed by atoms with Gasteiger partial charge in [-0.05, 0) is 43.4 Å². The lowest BCUT2D eigenvalue weighted by Gasteiger charge is -2.17. The van der Waals surface area contributed by atoms with Crippen molar-refractivity contribution in [1.29, 1.82) is 0 Å². The van der Waals surface area contributed by atoms with E-state index in [0.717, 1.165) is 10.2 Å². The first-order valence-corrected chi connectivity index (χ1v) is 8.45. The number of benzene rings is 2. The number of para-hydroxylation sites is 1. The molecule has 0 fully saturated rings. The summed E-state index contributed by atoms with van der Waals surface area (Å²) in [5.41, 5.74) is 0.772. The lowest BCUT2D eigenvalue weighted by Crippen LogP contribution is -2.28. The second-order valence-electron chi connectivity index (χ2n) is 5.39. The molecule has 128 valence electrons. The van der Waals surface area contributed by atoms with Crippen molar-refractivity contribution in [2.45, 2.75) is 6.42 Å². The Bertz CT molecular complexity index is 664. The highest BCUT2D eigenvalue weighted by atomic mass is 79.9. The van der Waals surface area contributed by atoms with E-state index in [1.807, 2.05) is 36.2 Å². The number of hydrogen-bond acceptors (Lipinski definition) is 3. The van der Waals surface area contributed by atoms with Gasteiger partial charge < -0.3 is 15.0 Å². The molecular formula is C18H20BrFN2O2. The molecule has 0 atom stereocenters. The fourth-order valence-corrected chi connectivity index (χ4v) is 2.30. The summed E-state index contributed by atoms with van der Waals surface area (Å²) in [4.78, 5) is 13.9. The van der Waals surface area contributed by atoms with Gasteiger partial charge >= 0.3 is 0 Å². The summed E-state index contributed by atoms with van der Waals surface area (Å²) in [6.07, 6.45) is 0.381. The van der Waals surface area contributed by atoms with E-state index in [-0.39, 0.29) is 17.5 Å². The molecule has 2 rings (SSSR count). The molecule has 0 heterocycles. The van der Waals surface area contributed by atoms with E-state index in [0.29, 0.717) is 26.1 Å². The Labute approximate surface area is 149 Å². The predicted molar refractivity (Wildman–Crippen MR) is 96.8 cm³/mol. The van der Waals surface area contributed by atoms with Gasteiger partial charge in [0.05, 0.1) is 0 Å². The van der Waals surface area contributed by atoms with Gasteiger partial charge in [0.15, 0.2) is 11.6 Å². The standard InChI is InChI=1S/C18H20BrFN2O2/c1-22(12-13-24-17-5-3-2-4-16(17)20)11-10-18(23)21-15-8-6-14(19)7-9-15/h2-9H,10-13H2,1H3,(H,21,23). The van der Waals surface area contributed by atoms with Gasteiger partial charge in [0.1, 0.15) is 6.61 Å². The molecule has 0 unspecified atom stereocenters. The molecule has 24 heavy (non-hydrogen) atoms. The fourth-order valence-electron chi connectivity index (χ4n) is 2.03. The maximum Gasteiger partial charge on any atom is 0.225 e. The summed E-state index contributed by atoms with van der Waals surface area (Å²) in [5.74, 6) is -0.160. The molecule has 2 aromatic rings. The number of ether oxygens (including phenoxy) is 1. The minimum Gasteiger partial charge on any atom is -0.489 e. The van der Waals surface area contributed by atoms with Crippen molar-refractivity contribution < 1.29 is 13.9 Å². The van der Waals surface area contributed by atoms with Crippen LogP contribution >= 0.6 is 15.9 Å². The Morgan fingerprint density at radius 1 is 1.17 bits per heavy atom. The second kappa shape index (κ2) is 9.39. The van der Waals surface area contributed by atoms with Crippen LogP contribution in [-0.4, -0.2) is 37.6 Å². The molecule has 0 spiro atoms. The van der Waals surface area contributed by atoms with Gasteiger partial charge in [0, 0.05) is 29.7 Å². The number of likely N-dealkylation sites (N-methyl/N-ethyl adjacent to an activating group) is 1. The van der Waals surface area contributed by atoms with Gasteiger partial charge in [-0.2, -0.15) is 0 Å². The number of hydrogen-bond donors (Lipinski definition) is 1. The third kappa shape index (κ3) is 6.29. The van der Waals surface area contributed by atoms with Gasteiger partial charge in [-0.15, -0.1) is 0 Å². The highest BCUT2D eigenvalue weighted by Gasteiger charge is 2.06. The third-order valence-electron chi connectivity index (χ3n) is 3.42. The highest BCUT2D eigenvalue weighted by molar-refractivity contribution is 9.10. The first kappa shape index (κ1) is 18.4. The van der Waals surface area contributed by atoms with Gasteiger partial charge in [-0.1, -0.05) is 28.1 Å². The number of halogens is 2. The van der Waals surface area contributed by atoms with E-state index >= 15 is 0 Å². The van der Waals surface area contributed by atoms with Crippen LogP contribution in [0.3, 0.4) is 0 Å². The van der Waals surface area contributed by atoms with Crippen molar-refractivity contribution in [3.8, 4) is 5.75 Å². The maximum atomic E-state index is 13.4. The molecule has 6 heteroatoms. The number of rotatable bonds is 8. The van der Waals surface area contributed by atoms with Crippen LogP contribution in [0.2, 0.25) is 0 Å². The topological polar surface area (TPSA) is 41.6 Å². The van der Waals surface area contributed by atoms with Crippen LogP contribution in [0.5, 0.6) is 5.75 Å². The smallest absolute Gasteiger partial charge is 0.225 e. The van der Waals surface area contributed by atoms with E-state index in [2.05, 4.69) is 21.2 Å². The number of nitrogens with one attached hydrogen (secondary N) is 1. The molecule has 0 bridgehead atoms. The molecule has 1 N–H and O–H groups in total. The normalized spacial score (nSPS) is 10.7. The zero-order valence-electron chi connectivity index (χ0n) is 13.5. The van der Waals surface area contributed by atoms with Gasteiger partial charge in [-0.3, -0.25) is 4.79 Å². The summed E-state index contributed by atoms with van der Waals surface area (Å²) in [5, 5.41) is 2.85. The lowest BCUT2D eigenvalue weighted by atomic mass is 10.3. The molecule has 0 aromatic heterocycles. The molecule has 2 aromatic carbocycles. The molecule has 1 amide bonds. The second-order valence-corrected chi connectivity index (χ2v) is 6.30. The van der Waals surface area contributed by atoms with Crippen molar-refractivity contribution in [3.63, 3.8) is 0 Å². The van der Waals surface area contributed by atoms with Crippen molar-refractivity contribution in [2.75, 3.05) is 32.1 Å². The first-order chi connectivity index (χ1) is 11.5. The molecule has 0 saturated carbocycles. The van der Waals surface area contributed by atoms with Crippen LogP contribution in [0, 0.1) is 5.82 Å². The lowest BCUT2D eigenvalue weighted by molar-refractivity contribution is -0.116. The van der Waals surface area contributed by atoms with E-state index in [1.54, 1.807) is 18.2 Å². The van der Waals surface area contributed by atoms with E-state index in [1.165, 1.54) is 6.07 Å². The Balaban J connectivity index is 1.65. The molecule has 4 nitrogen and oxygen atoms in total. The van der Waals surface area contributed by atoms with Crippen LogP contribution in [0.4, 0.5) is 10.1 Å². The predicted octanol–water partition coefficient (Wildman–Crippen LogP) is 3.93. The van der Waals surface area contributed by atoms with Crippen molar-refractivity contribution in [1.82, 2.24) is 4.90 Å². The zero-order valence-corrected chi connectivity index (χ0v) is 15.1. The SMILES string of the molecule is CN(CCOc1ccccc1F)CCC(=O)Nc1ccc(Br)cc1. The van der Waals surface area contributed by atoms with Crippen LogP contribution in [0.15, 0.2) is 53.0 Å². The summed E-state index contributed by atoms with van der Waals surface area (Å²) in [6.45, 7) is 1.58. The number of carbonyl (C=O) groups excluding carboxylic acids is 1. The summed E-state index contributed by atoms with van der Waals surface area (Å²) in [6, 6.07) is 13.8. The number of anilines is 1. The minimum absolute atomic E-state index is 0.0424. The Morgan fingerprint density at radius 3 is 2.58 bits per heavy atom. The Kier molecular flexibility index (Phi) is 7.21. The number of amides is 1. The van der Waals surface area contributed by atoms with Crippen molar-refractivity contribution >= 4 is 27.5 Å². The average Bonchev–Trinajstić information content (AvgIpc) is 2.57. The highest BCUT2D eigenvalue weighted by Crippen LogP contribution is 2.15. The Hall–Kier alpha value is -1.92. The number of nitrogens with zero attached hydrogens (tertiary/aromatic N) is 1. The molecule has 0 aliphatic heterocycles. The molecule has 0 aliphatic rings. The van der Waals surface area contributed by atoms with Crippen LogP contribution in [0.25, 0.3) is 0 Å². The van der Waals surface area contributed by atoms with Crippen LogP contribution < -0.4 is 10.1 Å². The molecular weight excluding hydrogens is 375 g/mol. The largest absolute Gasteiger partial charge is 0.489 e. The molecule has 0 radical (unpaired) electrons. The fraction of sp³-hybridized carbons (Fsp3) is 0.278. The zero-order chi connectivity index (χ0) is 17.4. The summed E-state index contributed by atoms with van der Waals surface area (Å²) >= 11 is 3.35. The van der Waals surface area contributed by atoms with Crippen LogP contribution in [-0.2, 0) is 4.79 Å². The quantitative estimate of drug-likeness (QED) is 0.737. The van der Waals surface area contributed by atoms with Gasteiger partial charge in [-0.25, -0.2) is 4.39 Å². The van der Waals surface area contributed by atoms with Gasteiger partial charge in [0.25, 0.3) is 0 Å². The number of carbonyl (C=O) groups is 1. The Morgan fingerprint density at radius 2 is 1.88 bits per heavy atom. The summed E-state index contributed by atoms with van der Waals surface area (Å²) in [7, 11) is 1.90. The van der Waals surface area contributed by atoms with Crippen molar-refractivity contribution in [2.24, 2.45) is 0 Å². The molecule has 0 saturated heterocycles. The van der Waals surface area contributed by atoms with Crippen molar-refractivity contribution in [3.05, 3.63) is 58.8 Å². The monoisotopic (exact) mass is 394 g/mol. The van der Waals surface area contributed by atoms with Gasteiger partial charge in [0.2, 0.25) is 5.91 Å². The first-order valence-electron chi connectivity index (χ1n) is 7.66. The third-order valence-corrected chi connectivity index (χ3v) is 3.94. The van der Waals surface area contributed by atoms with E-state index in [9.17, 15) is 9.18 Å². The van der Waals surface area contributed by atoms with Crippen LogP contribution in [0.1, 0.15) is 6.42 Å². The maximum absolute atomic E-state index is 13.4. The molecule has 0 aliphatic carbocycles.